The van der Waals surface area contributed by atoms with Crippen LogP contribution < -0.4 is 9.62 Å². The van der Waals surface area contributed by atoms with Crippen LogP contribution >= 0.6 is 23.2 Å². The number of benzene rings is 2. The highest BCUT2D eigenvalue weighted by Gasteiger charge is 2.31. The Morgan fingerprint density at radius 3 is 2.40 bits per heavy atom. The maximum Gasteiger partial charge on any atom is 0.248 e. The first-order valence-electron chi connectivity index (χ1n) is 7.42. The predicted molar refractivity (Wildman–Crippen MR) is 103 cm³/mol. The molecule has 1 unspecified atom stereocenters. The Bertz CT molecular complexity index is 901. The minimum absolute atomic E-state index is 0.157. The fraction of sp³-hybridized carbons (Fsp3) is 0.235. The molecule has 0 radical (unpaired) electrons. The highest BCUT2D eigenvalue weighted by molar-refractivity contribution is 7.92. The van der Waals surface area contributed by atoms with Crippen molar-refractivity contribution in [2.24, 2.45) is 0 Å². The molecule has 0 aliphatic heterocycles. The van der Waals surface area contributed by atoms with Crippen LogP contribution in [-0.4, -0.2) is 26.6 Å². The average molecular weight is 401 g/mol. The SMILES string of the molecule is Cc1ccccc1NC(=O)C(C)N(c1cc(Cl)ccc1Cl)S(C)(=O)=O. The number of anilines is 2. The van der Waals surface area contributed by atoms with Crippen molar-refractivity contribution in [1.29, 1.82) is 0 Å². The normalized spacial score (nSPS) is 12.5. The molecule has 1 amide bonds. The molecule has 8 heteroatoms. The van der Waals surface area contributed by atoms with Gasteiger partial charge < -0.3 is 5.32 Å². The van der Waals surface area contributed by atoms with Gasteiger partial charge in [-0.1, -0.05) is 41.4 Å². The number of hydrogen-bond acceptors (Lipinski definition) is 3. The summed E-state index contributed by atoms with van der Waals surface area (Å²) in [5.41, 5.74) is 1.64. The molecule has 0 fully saturated rings. The molecule has 25 heavy (non-hydrogen) atoms. The van der Waals surface area contributed by atoms with E-state index in [9.17, 15) is 13.2 Å². The molecule has 0 aromatic heterocycles. The number of halogens is 2. The quantitative estimate of drug-likeness (QED) is 0.821. The Morgan fingerprint density at radius 1 is 1.16 bits per heavy atom. The smallest absolute Gasteiger partial charge is 0.248 e. The van der Waals surface area contributed by atoms with Crippen molar-refractivity contribution in [3.8, 4) is 0 Å². The highest BCUT2D eigenvalue weighted by Crippen LogP contribution is 2.32. The standard InChI is InChI=1S/C17H18Cl2N2O3S/c1-11-6-4-5-7-15(11)20-17(22)12(2)21(25(3,23)24)16-10-13(18)8-9-14(16)19/h4-10,12H,1-3H3,(H,20,22). The topological polar surface area (TPSA) is 66.5 Å². The molecular weight excluding hydrogens is 383 g/mol. The van der Waals surface area contributed by atoms with Gasteiger partial charge in [-0.25, -0.2) is 8.42 Å². The molecule has 2 aromatic rings. The van der Waals surface area contributed by atoms with Crippen LogP contribution in [0.5, 0.6) is 0 Å². The van der Waals surface area contributed by atoms with E-state index in [0.717, 1.165) is 16.1 Å². The molecule has 0 saturated heterocycles. The lowest BCUT2D eigenvalue weighted by Crippen LogP contribution is -2.45. The van der Waals surface area contributed by atoms with Gasteiger partial charge in [-0.15, -0.1) is 0 Å². The monoisotopic (exact) mass is 400 g/mol. The number of para-hydroxylation sites is 1. The lowest BCUT2D eigenvalue weighted by Gasteiger charge is -2.29. The van der Waals surface area contributed by atoms with E-state index in [1.165, 1.54) is 19.1 Å². The minimum atomic E-state index is -3.77. The number of hydrogen-bond donors (Lipinski definition) is 1. The van der Waals surface area contributed by atoms with Gasteiger partial charge in [0.05, 0.1) is 17.0 Å². The fourth-order valence-electron chi connectivity index (χ4n) is 2.39. The Labute approximate surface area is 157 Å². The van der Waals surface area contributed by atoms with E-state index in [0.29, 0.717) is 10.7 Å². The Morgan fingerprint density at radius 2 is 1.80 bits per heavy atom. The van der Waals surface area contributed by atoms with E-state index in [2.05, 4.69) is 5.32 Å². The molecule has 1 N–H and O–H groups in total. The summed E-state index contributed by atoms with van der Waals surface area (Å²) in [6, 6.07) is 10.7. The number of rotatable bonds is 5. The Balaban J connectivity index is 2.40. The number of aryl methyl sites for hydroxylation is 1. The van der Waals surface area contributed by atoms with Gasteiger partial charge in [-0.3, -0.25) is 9.10 Å². The van der Waals surface area contributed by atoms with Crippen molar-refractivity contribution >= 4 is 50.5 Å². The van der Waals surface area contributed by atoms with Gasteiger partial charge >= 0.3 is 0 Å². The van der Waals surface area contributed by atoms with Crippen molar-refractivity contribution in [2.45, 2.75) is 19.9 Å². The Kier molecular flexibility index (Phi) is 5.98. The summed E-state index contributed by atoms with van der Waals surface area (Å²) in [7, 11) is -3.77. The molecule has 0 aliphatic rings. The van der Waals surface area contributed by atoms with Gasteiger partial charge in [0.1, 0.15) is 6.04 Å². The van der Waals surface area contributed by atoms with E-state index in [1.807, 2.05) is 19.1 Å². The third-order valence-corrected chi connectivity index (χ3v) is 5.42. The molecule has 0 saturated carbocycles. The second-order valence-corrected chi connectivity index (χ2v) is 8.34. The summed E-state index contributed by atoms with van der Waals surface area (Å²) >= 11 is 12.1. The molecule has 1 atom stereocenters. The predicted octanol–water partition coefficient (Wildman–Crippen LogP) is 4.10. The Hall–Kier alpha value is -1.76. The molecule has 2 rings (SSSR count). The van der Waals surface area contributed by atoms with Crippen molar-refractivity contribution in [2.75, 3.05) is 15.9 Å². The molecular formula is C17H18Cl2N2O3S. The van der Waals surface area contributed by atoms with Gasteiger partial charge in [0, 0.05) is 10.7 Å². The zero-order valence-corrected chi connectivity index (χ0v) is 16.3. The van der Waals surface area contributed by atoms with Crippen LogP contribution in [0.25, 0.3) is 0 Å². The van der Waals surface area contributed by atoms with Crippen LogP contribution in [-0.2, 0) is 14.8 Å². The van der Waals surface area contributed by atoms with E-state index in [1.54, 1.807) is 18.2 Å². The van der Waals surface area contributed by atoms with Crippen LogP contribution in [0.2, 0.25) is 10.0 Å². The first kappa shape index (κ1) is 19.6. The highest BCUT2D eigenvalue weighted by atomic mass is 35.5. The van der Waals surface area contributed by atoms with Crippen molar-refractivity contribution in [3.63, 3.8) is 0 Å². The summed E-state index contributed by atoms with van der Waals surface area (Å²) in [6.07, 6.45) is 1.02. The summed E-state index contributed by atoms with van der Waals surface area (Å²) < 4.78 is 25.6. The lowest BCUT2D eigenvalue weighted by molar-refractivity contribution is -0.116. The maximum atomic E-state index is 12.6. The molecule has 0 aliphatic carbocycles. The first-order valence-corrected chi connectivity index (χ1v) is 10.0. The van der Waals surface area contributed by atoms with E-state index in [4.69, 9.17) is 23.2 Å². The summed E-state index contributed by atoms with van der Waals surface area (Å²) in [5.74, 6) is -0.476. The van der Waals surface area contributed by atoms with Crippen molar-refractivity contribution < 1.29 is 13.2 Å². The van der Waals surface area contributed by atoms with Gasteiger partial charge in [-0.2, -0.15) is 0 Å². The maximum absolute atomic E-state index is 12.6. The third kappa shape index (κ3) is 4.66. The molecule has 0 bridgehead atoms. The number of amides is 1. The molecule has 0 spiro atoms. The number of carbonyl (C=O) groups excluding carboxylic acids is 1. The molecule has 134 valence electrons. The number of carbonyl (C=O) groups is 1. The largest absolute Gasteiger partial charge is 0.324 e. The van der Waals surface area contributed by atoms with Crippen LogP contribution in [0.3, 0.4) is 0 Å². The number of sulfonamides is 1. The zero-order chi connectivity index (χ0) is 18.8. The molecule has 0 heterocycles. The van der Waals surface area contributed by atoms with Gasteiger partial charge in [0.2, 0.25) is 15.9 Å². The van der Waals surface area contributed by atoms with Gasteiger partial charge in [0.25, 0.3) is 0 Å². The minimum Gasteiger partial charge on any atom is -0.324 e. The summed E-state index contributed by atoms with van der Waals surface area (Å²) in [5, 5.41) is 3.25. The van der Waals surface area contributed by atoms with Gasteiger partial charge in [-0.05, 0) is 43.7 Å². The third-order valence-electron chi connectivity index (χ3n) is 3.64. The number of nitrogens with zero attached hydrogens (tertiary/aromatic N) is 1. The molecule has 5 nitrogen and oxygen atoms in total. The van der Waals surface area contributed by atoms with Crippen molar-refractivity contribution in [1.82, 2.24) is 0 Å². The number of nitrogens with one attached hydrogen (secondary N) is 1. The van der Waals surface area contributed by atoms with E-state index < -0.39 is 22.0 Å². The first-order chi connectivity index (χ1) is 11.6. The molecule has 2 aromatic carbocycles. The van der Waals surface area contributed by atoms with Crippen LogP contribution in [0.15, 0.2) is 42.5 Å². The van der Waals surface area contributed by atoms with Gasteiger partial charge in [0.15, 0.2) is 0 Å². The van der Waals surface area contributed by atoms with Crippen molar-refractivity contribution in [3.05, 3.63) is 58.1 Å². The average Bonchev–Trinajstić information content (AvgIpc) is 2.51. The second-order valence-electron chi connectivity index (χ2n) is 5.63. The van der Waals surface area contributed by atoms with Crippen LogP contribution in [0.4, 0.5) is 11.4 Å². The summed E-state index contributed by atoms with van der Waals surface area (Å²) in [4.78, 5) is 12.6. The fourth-order valence-corrected chi connectivity index (χ4v) is 3.99. The van der Waals surface area contributed by atoms with Crippen LogP contribution in [0, 0.1) is 6.92 Å². The summed E-state index contributed by atoms with van der Waals surface area (Å²) in [6.45, 7) is 3.34. The van der Waals surface area contributed by atoms with Crippen LogP contribution in [0.1, 0.15) is 12.5 Å². The lowest BCUT2D eigenvalue weighted by atomic mass is 10.2. The van der Waals surface area contributed by atoms with E-state index in [-0.39, 0.29) is 10.7 Å². The van der Waals surface area contributed by atoms with E-state index >= 15 is 0 Å². The second kappa shape index (κ2) is 7.64. The zero-order valence-electron chi connectivity index (χ0n) is 14.0.